The van der Waals surface area contributed by atoms with E-state index in [0.29, 0.717) is 6.10 Å². The predicted molar refractivity (Wildman–Crippen MR) is 62.4 cm³/mol. The average Bonchev–Trinajstić information content (AvgIpc) is 3.02. The number of hydrogen-bond donors (Lipinski definition) is 0. The highest BCUT2D eigenvalue weighted by Gasteiger charge is 2.37. The maximum Gasteiger partial charge on any atom is 0.168 e. The summed E-state index contributed by atoms with van der Waals surface area (Å²) in [5.74, 6) is -0.264. The van der Waals surface area contributed by atoms with E-state index in [0.717, 1.165) is 39.1 Å². The van der Waals surface area contributed by atoms with Gasteiger partial charge in [-0.15, -0.1) is 0 Å². The molecule has 16 heavy (non-hydrogen) atoms. The van der Waals surface area contributed by atoms with Gasteiger partial charge in [-0.2, -0.15) is 0 Å². The second kappa shape index (κ2) is 5.99. The number of unbranched alkanes of at least 4 members (excludes halogenated alkanes) is 3. The van der Waals surface area contributed by atoms with E-state index in [9.17, 15) is 0 Å². The van der Waals surface area contributed by atoms with Gasteiger partial charge in [0, 0.05) is 12.8 Å². The van der Waals surface area contributed by atoms with Crippen LogP contribution in [-0.4, -0.2) is 31.7 Å². The van der Waals surface area contributed by atoms with Gasteiger partial charge < -0.3 is 14.2 Å². The third-order valence-electron chi connectivity index (χ3n) is 3.47. The Kier molecular flexibility index (Phi) is 4.62. The van der Waals surface area contributed by atoms with Crippen LogP contribution < -0.4 is 0 Å². The molecule has 0 unspecified atom stereocenters. The molecule has 2 fully saturated rings. The van der Waals surface area contributed by atoms with Crippen LogP contribution in [-0.2, 0) is 14.2 Å². The summed E-state index contributed by atoms with van der Waals surface area (Å²) >= 11 is 0. The largest absolute Gasteiger partial charge is 0.373 e. The van der Waals surface area contributed by atoms with Crippen molar-refractivity contribution in [1.29, 1.82) is 0 Å². The van der Waals surface area contributed by atoms with Gasteiger partial charge in [-0.05, 0) is 12.8 Å². The monoisotopic (exact) mass is 228 g/mol. The van der Waals surface area contributed by atoms with Crippen molar-refractivity contribution in [2.24, 2.45) is 0 Å². The summed E-state index contributed by atoms with van der Waals surface area (Å²) in [5, 5.41) is 0. The van der Waals surface area contributed by atoms with Crippen LogP contribution in [0.25, 0.3) is 0 Å². The second-order valence-corrected chi connectivity index (χ2v) is 4.91. The van der Waals surface area contributed by atoms with Gasteiger partial charge in [-0.3, -0.25) is 0 Å². The molecule has 94 valence electrons. The topological polar surface area (TPSA) is 31.0 Å². The van der Waals surface area contributed by atoms with E-state index in [1.807, 2.05) is 0 Å². The predicted octanol–water partition coefficient (Wildman–Crippen LogP) is 2.88. The zero-order chi connectivity index (χ0) is 11.3. The van der Waals surface area contributed by atoms with Gasteiger partial charge in [0.05, 0.1) is 25.9 Å². The minimum Gasteiger partial charge on any atom is -0.373 e. The van der Waals surface area contributed by atoms with Gasteiger partial charge in [0.15, 0.2) is 5.79 Å². The Morgan fingerprint density at radius 1 is 1.06 bits per heavy atom. The molecular formula is C13H24O3. The Balaban J connectivity index is 1.68. The van der Waals surface area contributed by atoms with Crippen LogP contribution in [0.3, 0.4) is 0 Å². The Morgan fingerprint density at radius 2 is 1.81 bits per heavy atom. The quantitative estimate of drug-likeness (QED) is 0.473. The van der Waals surface area contributed by atoms with Crippen molar-refractivity contribution < 1.29 is 14.2 Å². The van der Waals surface area contributed by atoms with Crippen LogP contribution in [0.5, 0.6) is 0 Å². The maximum absolute atomic E-state index is 5.82. The second-order valence-electron chi connectivity index (χ2n) is 4.91. The lowest BCUT2D eigenvalue weighted by molar-refractivity contribution is -0.169. The summed E-state index contributed by atoms with van der Waals surface area (Å²) in [4.78, 5) is 0. The van der Waals surface area contributed by atoms with Gasteiger partial charge in [0.2, 0.25) is 0 Å². The van der Waals surface area contributed by atoms with E-state index >= 15 is 0 Å². The van der Waals surface area contributed by atoms with Crippen LogP contribution in [0.2, 0.25) is 0 Å². The van der Waals surface area contributed by atoms with Crippen LogP contribution >= 0.6 is 0 Å². The molecule has 3 nitrogen and oxygen atoms in total. The fraction of sp³-hybridized carbons (Fsp3) is 1.00. The van der Waals surface area contributed by atoms with Crippen LogP contribution in [0.15, 0.2) is 0 Å². The first kappa shape index (κ1) is 12.3. The van der Waals surface area contributed by atoms with Crippen molar-refractivity contribution in [1.82, 2.24) is 0 Å². The van der Waals surface area contributed by atoms with Crippen LogP contribution in [0, 0.1) is 0 Å². The molecule has 0 amide bonds. The van der Waals surface area contributed by atoms with Crippen molar-refractivity contribution in [3.63, 3.8) is 0 Å². The van der Waals surface area contributed by atoms with E-state index in [4.69, 9.17) is 14.2 Å². The molecule has 0 radical (unpaired) electrons. The lowest BCUT2D eigenvalue weighted by Gasteiger charge is -2.27. The Morgan fingerprint density at radius 3 is 2.44 bits per heavy atom. The molecule has 2 aliphatic heterocycles. The summed E-state index contributed by atoms with van der Waals surface area (Å²) in [7, 11) is 0. The summed E-state index contributed by atoms with van der Waals surface area (Å²) in [6, 6.07) is 0. The highest BCUT2D eigenvalue weighted by molar-refractivity contribution is 4.79. The Bertz CT molecular complexity index is 195. The van der Waals surface area contributed by atoms with Crippen molar-refractivity contribution in [3.8, 4) is 0 Å². The minimum absolute atomic E-state index is 0.264. The molecule has 0 bridgehead atoms. The lowest BCUT2D eigenvalue weighted by Crippen LogP contribution is -2.30. The first-order valence-electron chi connectivity index (χ1n) is 6.74. The minimum atomic E-state index is -0.264. The first-order valence-corrected chi connectivity index (χ1v) is 6.74. The zero-order valence-corrected chi connectivity index (χ0v) is 10.4. The maximum atomic E-state index is 5.82. The number of epoxide rings is 1. The highest BCUT2D eigenvalue weighted by atomic mass is 16.7. The van der Waals surface area contributed by atoms with Gasteiger partial charge in [-0.25, -0.2) is 0 Å². The third-order valence-corrected chi connectivity index (χ3v) is 3.47. The molecule has 0 N–H and O–H groups in total. The van der Waals surface area contributed by atoms with E-state index < -0.39 is 0 Å². The number of hydrogen-bond acceptors (Lipinski definition) is 3. The summed E-state index contributed by atoms with van der Waals surface area (Å²) in [6.07, 6.45) is 8.76. The molecule has 0 aromatic heterocycles. The first-order chi connectivity index (χ1) is 7.85. The highest BCUT2D eigenvalue weighted by Crippen LogP contribution is 2.33. The van der Waals surface area contributed by atoms with E-state index in [1.54, 1.807) is 0 Å². The number of rotatable bonds is 8. The zero-order valence-electron chi connectivity index (χ0n) is 10.4. The van der Waals surface area contributed by atoms with Crippen LogP contribution in [0.1, 0.15) is 51.9 Å². The van der Waals surface area contributed by atoms with Gasteiger partial charge in [0.25, 0.3) is 0 Å². The van der Waals surface area contributed by atoms with E-state index in [1.165, 1.54) is 25.7 Å². The van der Waals surface area contributed by atoms with Gasteiger partial charge >= 0.3 is 0 Å². The Labute approximate surface area is 98.4 Å². The smallest absolute Gasteiger partial charge is 0.168 e. The van der Waals surface area contributed by atoms with E-state index in [-0.39, 0.29) is 5.79 Å². The van der Waals surface area contributed by atoms with Gasteiger partial charge in [0.1, 0.15) is 0 Å². The summed E-state index contributed by atoms with van der Waals surface area (Å²) in [6.45, 7) is 4.70. The molecule has 0 saturated carbocycles. The lowest BCUT2D eigenvalue weighted by atomic mass is 10.0. The fourth-order valence-electron chi connectivity index (χ4n) is 2.35. The molecule has 0 aromatic carbocycles. The molecule has 0 aromatic rings. The van der Waals surface area contributed by atoms with Crippen molar-refractivity contribution in [2.75, 3.05) is 19.8 Å². The number of ether oxygens (including phenoxy) is 3. The summed E-state index contributed by atoms with van der Waals surface area (Å²) < 4.78 is 16.9. The molecule has 1 atom stereocenters. The molecule has 2 aliphatic rings. The Hall–Kier alpha value is -0.120. The molecule has 2 heterocycles. The molecule has 2 saturated heterocycles. The van der Waals surface area contributed by atoms with E-state index in [2.05, 4.69) is 6.92 Å². The summed E-state index contributed by atoms with van der Waals surface area (Å²) in [5.41, 5.74) is 0. The fourth-order valence-corrected chi connectivity index (χ4v) is 2.35. The molecule has 3 heteroatoms. The van der Waals surface area contributed by atoms with Crippen molar-refractivity contribution in [3.05, 3.63) is 0 Å². The third kappa shape index (κ3) is 3.72. The molecule has 0 aliphatic carbocycles. The molecular weight excluding hydrogens is 204 g/mol. The standard InChI is InChI=1S/C13H24O3/c1-2-3-4-5-7-13(15-9-10-16-13)8-6-12-11-14-12/h12H,2-11H2,1H3/t12-/m1/s1. The van der Waals surface area contributed by atoms with Crippen molar-refractivity contribution >= 4 is 0 Å². The van der Waals surface area contributed by atoms with Crippen molar-refractivity contribution in [2.45, 2.75) is 63.8 Å². The average molecular weight is 228 g/mol. The van der Waals surface area contributed by atoms with Crippen LogP contribution in [0.4, 0.5) is 0 Å². The normalized spacial score (nSPS) is 27.2. The van der Waals surface area contributed by atoms with Gasteiger partial charge in [-0.1, -0.05) is 26.2 Å². The molecule has 2 rings (SSSR count). The SMILES string of the molecule is CCCCCCC1(CC[C@@H]2CO2)OCCO1. The molecule has 0 spiro atoms.